The van der Waals surface area contributed by atoms with Gasteiger partial charge in [0.1, 0.15) is 0 Å². The SMILES string of the molecule is CCCCCCCCCCCCCCCCCC(=O)[O-].CCCCCCCCCCCCCCCC[N+](C)(C)C.OCCN(CCO)CCO.[Br-]. The third-order valence-corrected chi connectivity index (χ3v) is 9.42. The zero-order valence-corrected chi connectivity index (χ0v) is 36.7. The summed E-state index contributed by atoms with van der Waals surface area (Å²) in [7, 11) is 6.88. The van der Waals surface area contributed by atoms with E-state index in [9.17, 15) is 9.90 Å². The lowest BCUT2D eigenvalue weighted by Crippen LogP contribution is -3.00. The van der Waals surface area contributed by atoms with Crippen molar-refractivity contribution in [2.45, 2.75) is 206 Å². The molecule has 0 aromatic heterocycles. The summed E-state index contributed by atoms with van der Waals surface area (Å²) in [5, 5.41) is 35.7. The van der Waals surface area contributed by atoms with Gasteiger partial charge >= 0.3 is 0 Å². The highest BCUT2D eigenvalue weighted by Gasteiger charge is 2.05. The molecule has 0 aliphatic rings. The molecule has 0 rings (SSSR count). The quantitative estimate of drug-likeness (QED) is 0.0495. The van der Waals surface area contributed by atoms with Crippen LogP contribution in [0.5, 0.6) is 0 Å². The van der Waals surface area contributed by atoms with Crippen LogP contribution in [0.15, 0.2) is 0 Å². The van der Waals surface area contributed by atoms with E-state index >= 15 is 0 Å². The molecule has 8 heteroatoms. The van der Waals surface area contributed by atoms with E-state index in [0.29, 0.717) is 19.6 Å². The number of carbonyl (C=O) groups is 1. The molecule has 7 nitrogen and oxygen atoms in total. The van der Waals surface area contributed by atoms with E-state index in [1.807, 2.05) is 0 Å². The Kier molecular flexibility index (Phi) is 56.1. The van der Waals surface area contributed by atoms with Crippen LogP contribution in [-0.2, 0) is 4.79 Å². The van der Waals surface area contributed by atoms with Crippen molar-refractivity contribution in [3.63, 3.8) is 0 Å². The lowest BCUT2D eigenvalue weighted by Gasteiger charge is -2.23. The van der Waals surface area contributed by atoms with Gasteiger partial charge in [-0.1, -0.05) is 181 Å². The molecule has 0 bridgehead atoms. The summed E-state index contributed by atoms with van der Waals surface area (Å²) >= 11 is 0. The third-order valence-electron chi connectivity index (χ3n) is 9.42. The molecule has 0 amide bonds. The molecule has 0 aliphatic carbocycles. The average Bonchev–Trinajstić information content (AvgIpc) is 3.07. The number of unbranched alkanes of at least 4 members (excludes halogenated alkanes) is 27. The van der Waals surface area contributed by atoms with Gasteiger partial charge < -0.3 is 46.7 Å². The van der Waals surface area contributed by atoms with Crippen molar-refractivity contribution in [2.24, 2.45) is 0 Å². The van der Waals surface area contributed by atoms with Gasteiger partial charge in [0.15, 0.2) is 0 Å². The van der Waals surface area contributed by atoms with Crippen LogP contribution in [0.25, 0.3) is 0 Å². The second-order valence-corrected chi connectivity index (χ2v) is 15.7. The van der Waals surface area contributed by atoms with Crippen molar-refractivity contribution < 1.29 is 46.7 Å². The highest BCUT2D eigenvalue weighted by Crippen LogP contribution is 2.15. The fourth-order valence-corrected chi connectivity index (χ4v) is 6.18. The predicted molar refractivity (Wildman–Crippen MR) is 215 cm³/mol. The minimum atomic E-state index is -0.903. The Morgan fingerprint density at radius 1 is 0.451 bits per heavy atom. The molecule has 0 saturated carbocycles. The zero-order valence-electron chi connectivity index (χ0n) is 35.1. The molecule has 0 aromatic carbocycles. The standard InChI is InChI=1S/C19H42N.C18H36O2.C6H15NO3.BrH/c1-5-6-7-8-9-10-11-12-13-14-15-16-17-18-19-20(2,3)4;1-2-3-4-5-6-7-8-9-10-11-12-13-14-15-16-17-18(19)20;8-4-1-7(2-5-9)3-6-10;/h5-19H2,1-4H3;2-17H2,1H3,(H,19,20);8-10H,1-6H2;1H/q+1;;;/p-2. The normalized spacial score (nSPS) is 11.1. The summed E-state index contributed by atoms with van der Waals surface area (Å²) < 4.78 is 1.12. The first kappa shape index (κ1) is 57.5. The largest absolute Gasteiger partial charge is 1.00 e. The molecule has 0 radical (unpaired) electrons. The average molecular weight is 797 g/mol. The molecule has 0 aliphatic heterocycles. The number of carbonyl (C=O) groups excluding carboxylic acids is 1. The summed E-state index contributed by atoms with van der Waals surface area (Å²) in [6.45, 7) is 7.65. The summed E-state index contributed by atoms with van der Waals surface area (Å²) in [5.74, 6) is -0.903. The summed E-state index contributed by atoms with van der Waals surface area (Å²) in [6, 6.07) is 0. The molecule has 0 spiro atoms. The fraction of sp³-hybridized carbons (Fsp3) is 0.977. The number of aliphatic hydroxyl groups is 3. The number of hydrogen-bond donors (Lipinski definition) is 3. The summed E-state index contributed by atoms with van der Waals surface area (Å²) in [5.41, 5.74) is 0. The highest BCUT2D eigenvalue weighted by atomic mass is 79.9. The van der Waals surface area contributed by atoms with E-state index in [4.69, 9.17) is 15.3 Å². The number of nitrogens with zero attached hydrogens (tertiary/aromatic N) is 2. The van der Waals surface area contributed by atoms with Crippen LogP contribution in [0.2, 0.25) is 0 Å². The van der Waals surface area contributed by atoms with Crippen LogP contribution >= 0.6 is 0 Å². The van der Waals surface area contributed by atoms with Crippen LogP contribution < -0.4 is 22.1 Å². The van der Waals surface area contributed by atoms with Crippen molar-refractivity contribution in [3.05, 3.63) is 0 Å². The van der Waals surface area contributed by atoms with Gasteiger partial charge in [0.05, 0.1) is 47.5 Å². The molecule has 0 unspecified atom stereocenters. The van der Waals surface area contributed by atoms with Gasteiger partial charge in [0.2, 0.25) is 0 Å². The maximum absolute atomic E-state index is 10.2. The second-order valence-electron chi connectivity index (χ2n) is 15.7. The predicted octanol–water partition coefficient (Wildman–Crippen LogP) is 6.44. The third kappa shape index (κ3) is 62.1. The first-order valence-electron chi connectivity index (χ1n) is 21.7. The Bertz CT molecular complexity index is 607. The number of carboxylic acid groups (broad SMARTS) is 1. The molecule has 0 fully saturated rings. The van der Waals surface area contributed by atoms with Gasteiger partial charge in [-0.25, -0.2) is 0 Å². The van der Waals surface area contributed by atoms with E-state index in [0.717, 1.165) is 17.3 Å². The number of hydrogen-bond acceptors (Lipinski definition) is 6. The van der Waals surface area contributed by atoms with Crippen LogP contribution in [0.4, 0.5) is 0 Å². The Morgan fingerprint density at radius 3 is 0.902 bits per heavy atom. The van der Waals surface area contributed by atoms with Crippen molar-refractivity contribution >= 4 is 5.97 Å². The van der Waals surface area contributed by atoms with Crippen molar-refractivity contribution in [1.82, 2.24) is 4.90 Å². The molecule has 0 atom stereocenters. The Hall–Kier alpha value is -0.250. The van der Waals surface area contributed by atoms with E-state index in [1.165, 1.54) is 180 Å². The number of aliphatic hydroxyl groups excluding tert-OH is 3. The van der Waals surface area contributed by atoms with Crippen LogP contribution in [0, 0.1) is 0 Å². The molecule has 0 heterocycles. The van der Waals surface area contributed by atoms with Crippen molar-refractivity contribution in [2.75, 3.05) is 67.1 Å². The van der Waals surface area contributed by atoms with E-state index < -0.39 is 5.97 Å². The highest BCUT2D eigenvalue weighted by molar-refractivity contribution is 5.64. The molecular weight excluding hydrogens is 704 g/mol. The number of rotatable bonds is 37. The second kappa shape index (κ2) is 49.8. The number of quaternary nitrogens is 1. The van der Waals surface area contributed by atoms with Gasteiger partial charge in [-0.3, -0.25) is 4.90 Å². The van der Waals surface area contributed by atoms with Crippen molar-refractivity contribution in [3.8, 4) is 0 Å². The van der Waals surface area contributed by atoms with Gasteiger partial charge in [0, 0.05) is 25.6 Å². The van der Waals surface area contributed by atoms with Gasteiger partial charge in [-0.15, -0.1) is 0 Å². The van der Waals surface area contributed by atoms with Gasteiger partial charge in [0.25, 0.3) is 0 Å². The number of halogens is 1. The first-order valence-corrected chi connectivity index (χ1v) is 21.7. The topological polar surface area (TPSA) is 104 Å². The Morgan fingerprint density at radius 2 is 0.686 bits per heavy atom. The maximum atomic E-state index is 10.2. The molecule has 0 aromatic rings. The minimum absolute atomic E-state index is 0. The van der Waals surface area contributed by atoms with Gasteiger partial charge in [-0.05, 0) is 25.7 Å². The molecule has 3 N–H and O–H groups in total. The molecule has 51 heavy (non-hydrogen) atoms. The number of carboxylic acids is 1. The van der Waals surface area contributed by atoms with Crippen LogP contribution in [-0.4, -0.2) is 97.8 Å². The minimum Gasteiger partial charge on any atom is -1.00 e. The number of aliphatic carboxylic acids is 1. The Labute approximate surface area is 330 Å². The summed E-state index contributed by atoms with van der Waals surface area (Å²) in [6.07, 6.45) is 40.2. The van der Waals surface area contributed by atoms with E-state index in [-0.39, 0.29) is 43.2 Å². The van der Waals surface area contributed by atoms with E-state index in [2.05, 4.69) is 35.0 Å². The smallest absolute Gasteiger partial charge is 0.0780 e. The Balaban J connectivity index is -0.000000340. The summed E-state index contributed by atoms with van der Waals surface area (Å²) in [4.78, 5) is 12.0. The van der Waals surface area contributed by atoms with E-state index in [1.54, 1.807) is 4.90 Å². The lowest BCUT2D eigenvalue weighted by atomic mass is 10.0. The zero-order chi connectivity index (χ0) is 37.8. The van der Waals surface area contributed by atoms with Crippen LogP contribution in [0.1, 0.15) is 206 Å². The lowest BCUT2D eigenvalue weighted by molar-refractivity contribution is -0.870. The molecular formula is C43H92BrN2O5-. The van der Waals surface area contributed by atoms with Gasteiger partial charge in [-0.2, -0.15) is 0 Å². The molecule has 0 saturated heterocycles. The van der Waals surface area contributed by atoms with Crippen LogP contribution in [0.3, 0.4) is 0 Å². The maximum Gasteiger partial charge on any atom is 0.0780 e. The fourth-order valence-electron chi connectivity index (χ4n) is 6.18. The van der Waals surface area contributed by atoms with Crippen molar-refractivity contribution in [1.29, 1.82) is 0 Å². The monoisotopic (exact) mass is 796 g/mol. The first-order chi connectivity index (χ1) is 24.2. The molecule has 312 valence electrons.